The number of benzene rings is 1. The Labute approximate surface area is 164 Å². The van der Waals surface area contributed by atoms with E-state index in [9.17, 15) is 9.18 Å². The third-order valence-corrected chi connectivity index (χ3v) is 5.52. The van der Waals surface area contributed by atoms with E-state index in [0.717, 1.165) is 29.7 Å². The van der Waals surface area contributed by atoms with Crippen LogP contribution >= 0.6 is 11.8 Å². The molecule has 1 aliphatic rings. The van der Waals surface area contributed by atoms with Gasteiger partial charge in [0.15, 0.2) is 0 Å². The summed E-state index contributed by atoms with van der Waals surface area (Å²) < 4.78 is 20.6. The molecule has 1 aromatic rings. The molecule has 0 saturated heterocycles. The molecule has 1 saturated carbocycles. The molecule has 1 fully saturated rings. The molecule has 0 amide bonds. The average Bonchev–Trinajstić information content (AvgIpc) is 3.11. The summed E-state index contributed by atoms with van der Waals surface area (Å²) in [5.41, 5.74) is 2.47. The Morgan fingerprint density at radius 3 is 2.59 bits per heavy atom. The topological polar surface area (TPSA) is 58.9 Å². The Bertz CT molecular complexity index is 720. The highest BCUT2D eigenvalue weighted by Gasteiger charge is 2.19. The first-order valence-electron chi connectivity index (χ1n) is 9.40. The highest BCUT2D eigenvalue weighted by Crippen LogP contribution is 2.30. The second-order valence-corrected chi connectivity index (χ2v) is 8.14. The molecular formula is C21H28FNO3S. The first-order chi connectivity index (χ1) is 12.9. The zero-order valence-corrected chi connectivity index (χ0v) is 17.1. The van der Waals surface area contributed by atoms with Gasteiger partial charge in [0, 0.05) is 22.6 Å². The van der Waals surface area contributed by atoms with Gasteiger partial charge >= 0.3 is 5.97 Å². The van der Waals surface area contributed by atoms with Crippen LogP contribution in [0.15, 0.2) is 34.0 Å². The van der Waals surface area contributed by atoms with E-state index in [2.05, 4.69) is 4.99 Å². The number of hydrogen-bond acceptors (Lipinski definition) is 4. The van der Waals surface area contributed by atoms with Gasteiger partial charge in [-0.05, 0) is 76.3 Å². The molecule has 0 unspecified atom stereocenters. The summed E-state index contributed by atoms with van der Waals surface area (Å²) in [6.45, 7) is 5.75. The lowest BCUT2D eigenvalue weighted by Crippen LogP contribution is -2.08. The van der Waals surface area contributed by atoms with Crippen molar-refractivity contribution in [2.24, 2.45) is 4.99 Å². The number of aliphatic carboxylic acids is 1. The number of thioether (sulfide) groups is 1. The SMILES string of the molecule is CC(C)=N/C(OC1CCCC1)=C(\C)c1ccc(SCCCC(=O)O)c(F)c1. The minimum Gasteiger partial charge on any atom is -0.481 e. The van der Waals surface area contributed by atoms with Gasteiger partial charge < -0.3 is 9.84 Å². The molecule has 0 radical (unpaired) electrons. The maximum Gasteiger partial charge on any atom is 0.303 e. The first-order valence-corrected chi connectivity index (χ1v) is 10.4. The van der Waals surface area contributed by atoms with Crippen LogP contribution in [0.25, 0.3) is 5.57 Å². The van der Waals surface area contributed by atoms with E-state index in [0.29, 0.717) is 23.0 Å². The first kappa shape index (κ1) is 21.5. The molecule has 1 aliphatic carbocycles. The van der Waals surface area contributed by atoms with Gasteiger partial charge in [-0.3, -0.25) is 4.79 Å². The Morgan fingerprint density at radius 2 is 2.00 bits per heavy atom. The highest BCUT2D eigenvalue weighted by atomic mass is 32.2. The maximum absolute atomic E-state index is 14.5. The van der Waals surface area contributed by atoms with Gasteiger partial charge in [0.05, 0.1) is 0 Å². The highest BCUT2D eigenvalue weighted by molar-refractivity contribution is 7.99. The number of aliphatic imine (C=N–C) groups is 1. The van der Waals surface area contributed by atoms with Crippen LogP contribution in [0.3, 0.4) is 0 Å². The number of hydrogen-bond donors (Lipinski definition) is 1. The molecule has 0 aromatic heterocycles. The summed E-state index contributed by atoms with van der Waals surface area (Å²) in [6, 6.07) is 5.12. The Morgan fingerprint density at radius 1 is 1.30 bits per heavy atom. The fourth-order valence-electron chi connectivity index (χ4n) is 2.95. The summed E-state index contributed by atoms with van der Waals surface area (Å²) in [5, 5.41) is 8.67. The van der Waals surface area contributed by atoms with Crippen LogP contribution < -0.4 is 0 Å². The lowest BCUT2D eigenvalue weighted by atomic mass is 10.1. The third kappa shape index (κ3) is 7.01. The number of rotatable bonds is 9. The van der Waals surface area contributed by atoms with Crippen molar-refractivity contribution in [3.63, 3.8) is 0 Å². The Kier molecular flexibility index (Phi) is 8.35. The normalized spacial score (nSPS) is 15.4. The summed E-state index contributed by atoms with van der Waals surface area (Å²) in [6.07, 6.45) is 5.23. The van der Waals surface area contributed by atoms with E-state index in [1.807, 2.05) is 26.8 Å². The van der Waals surface area contributed by atoms with Gasteiger partial charge in [-0.2, -0.15) is 0 Å². The molecule has 4 nitrogen and oxygen atoms in total. The quantitative estimate of drug-likeness (QED) is 0.245. The fourth-order valence-corrected chi connectivity index (χ4v) is 3.82. The van der Waals surface area contributed by atoms with E-state index in [-0.39, 0.29) is 18.3 Å². The largest absolute Gasteiger partial charge is 0.481 e. The molecule has 1 N–H and O–H groups in total. The van der Waals surface area contributed by atoms with Crippen LogP contribution in [0.4, 0.5) is 4.39 Å². The minimum absolute atomic E-state index is 0.102. The van der Waals surface area contributed by atoms with Gasteiger partial charge in [-0.25, -0.2) is 9.38 Å². The van der Waals surface area contributed by atoms with Crippen LogP contribution in [0.2, 0.25) is 0 Å². The molecule has 0 heterocycles. The summed E-state index contributed by atoms with van der Waals surface area (Å²) in [7, 11) is 0. The third-order valence-electron chi connectivity index (χ3n) is 4.38. The van der Waals surface area contributed by atoms with Crippen LogP contribution in [-0.4, -0.2) is 28.6 Å². The van der Waals surface area contributed by atoms with Crippen molar-refractivity contribution in [3.8, 4) is 0 Å². The number of carboxylic acids is 1. The van der Waals surface area contributed by atoms with Gasteiger partial charge in [-0.15, -0.1) is 11.8 Å². The smallest absolute Gasteiger partial charge is 0.303 e. The predicted octanol–water partition coefficient (Wildman–Crippen LogP) is 5.91. The number of allylic oxidation sites excluding steroid dienone is 1. The second kappa shape index (κ2) is 10.5. The van der Waals surface area contributed by atoms with Gasteiger partial charge in [0.2, 0.25) is 5.88 Å². The molecule has 1 aromatic carbocycles. The number of carboxylic acid groups (broad SMARTS) is 1. The van der Waals surface area contributed by atoms with Crippen LogP contribution in [-0.2, 0) is 9.53 Å². The van der Waals surface area contributed by atoms with E-state index < -0.39 is 5.97 Å². The zero-order chi connectivity index (χ0) is 19.8. The summed E-state index contributed by atoms with van der Waals surface area (Å²) in [5.74, 6) is 0.0220. The zero-order valence-electron chi connectivity index (χ0n) is 16.3. The van der Waals surface area contributed by atoms with Crippen LogP contribution in [0.1, 0.15) is 64.9 Å². The van der Waals surface area contributed by atoms with Gasteiger partial charge in [-0.1, -0.05) is 6.07 Å². The van der Waals surface area contributed by atoms with E-state index >= 15 is 0 Å². The van der Waals surface area contributed by atoms with Crippen molar-refractivity contribution in [1.29, 1.82) is 0 Å². The number of halogens is 1. The summed E-state index contributed by atoms with van der Waals surface area (Å²) in [4.78, 5) is 15.6. The molecule has 6 heteroatoms. The van der Waals surface area contributed by atoms with Gasteiger partial charge in [0.1, 0.15) is 11.9 Å². The fraction of sp³-hybridized carbons (Fsp3) is 0.524. The Balaban J connectivity index is 2.15. The minimum atomic E-state index is -0.825. The van der Waals surface area contributed by atoms with Crippen molar-refractivity contribution in [1.82, 2.24) is 0 Å². The molecule has 148 valence electrons. The van der Waals surface area contributed by atoms with Crippen LogP contribution in [0.5, 0.6) is 0 Å². The second-order valence-electron chi connectivity index (χ2n) is 7.00. The molecule has 2 rings (SSSR count). The van der Waals surface area contributed by atoms with E-state index in [1.54, 1.807) is 6.07 Å². The maximum atomic E-state index is 14.5. The molecule has 0 atom stereocenters. The average molecular weight is 394 g/mol. The lowest BCUT2D eigenvalue weighted by Gasteiger charge is -2.16. The standard InChI is InChI=1S/C21H28FNO3S/c1-14(2)23-21(26-17-7-4-5-8-17)15(3)16-10-11-19(18(22)13-16)27-12-6-9-20(24)25/h10-11,13,17H,4-9,12H2,1-3H3,(H,24,25)/b21-15-. The predicted molar refractivity (Wildman–Crippen MR) is 109 cm³/mol. The number of nitrogens with zero attached hydrogens (tertiary/aromatic N) is 1. The monoisotopic (exact) mass is 393 g/mol. The van der Waals surface area contributed by atoms with E-state index in [1.165, 1.54) is 30.7 Å². The number of ether oxygens (including phenoxy) is 1. The molecule has 27 heavy (non-hydrogen) atoms. The van der Waals surface area contributed by atoms with Crippen molar-refractivity contribution in [2.75, 3.05) is 5.75 Å². The molecule has 0 spiro atoms. The lowest BCUT2D eigenvalue weighted by molar-refractivity contribution is -0.137. The summed E-state index contributed by atoms with van der Waals surface area (Å²) >= 11 is 1.34. The Hall–Kier alpha value is -1.82. The van der Waals surface area contributed by atoms with E-state index in [4.69, 9.17) is 9.84 Å². The molecule has 0 aliphatic heterocycles. The number of carbonyl (C=O) groups is 1. The van der Waals surface area contributed by atoms with Gasteiger partial charge in [0.25, 0.3) is 0 Å². The molecular weight excluding hydrogens is 365 g/mol. The van der Waals surface area contributed by atoms with Crippen molar-refractivity contribution in [3.05, 3.63) is 35.5 Å². The molecule has 0 bridgehead atoms. The van der Waals surface area contributed by atoms with Crippen molar-refractivity contribution >= 4 is 29.0 Å². The van der Waals surface area contributed by atoms with Crippen molar-refractivity contribution < 1.29 is 19.0 Å². The van der Waals surface area contributed by atoms with Crippen LogP contribution in [0, 0.1) is 5.82 Å². The van der Waals surface area contributed by atoms with Crippen molar-refractivity contribution in [2.45, 2.75) is 70.3 Å².